The SMILES string of the molecule is Cc1ccccc1SC(C)C(=O)Nc1ccc(F)c([N+](=O)[O-])c1. The van der Waals surface area contributed by atoms with Gasteiger partial charge in [-0.05, 0) is 37.6 Å². The molecule has 0 aliphatic heterocycles. The minimum absolute atomic E-state index is 0.195. The average Bonchev–Trinajstić information content (AvgIpc) is 2.51. The van der Waals surface area contributed by atoms with Gasteiger partial charge in [-0.15, -0.1) is 11.8 Å². The third-order valence-corrected chi connectivity index (χ3v) is 4.46. The Bertz CT molecular complexity index is 752. The lowest BCUT2D eigenvalue weighted by atomic mass is 10.2. The molecule has 0 aromatic heterocycles. The fraction of sp³-hybridized carbons (Fsp3) is 0.188. The van der Waals surface area contributed by atoms with Gasteiger partial charge >= 0.3 is 5.69 Å². The molecule has 0 fully saturated rings. The number of carbonyl (C=O) groups excluding carboxylic acids is 1. The largest absolute Gasteiger partial charge is 0.325 e. The van der Waals surface area contributed by atoms with E-state index in [1.165, 1.54) is 17.8 Å². The molecule has 5 nitrogen and oxygen atoms in total. The van der Waals surface area contributed by atoms with E-state index in [1.807, 2.05) is 31.2 Å². The number of hydrogen-bond donors (Lipinski definition) is 1. The van der Waals surface area contributed by atoms with Crippen LogP contribution >= 0.6 is 11.8 Å². The lowest BCUT2D eigenvalue weighted by Gasteiger charge is -2.13. The van der Waals surface area contributed by atoms with E-state index >= 15 is 0 Å². The third kappa shape index (κ3) is 4.29. The first-order chi connectivity index (χ1) is 10.9. The van der Waals surface area contributed by atoms with Crippen LogP contribution < -0.4 is 5.32 Å². The van der Waals surface area contributed by atoms with E-state index in [1.54, 1.807) is 6.92 Å². The predicted molar refractivity (Wildman–Crippen MR) is 88.2 cm³/mol. The van der Waals surface area contributed by atoms with Gasteiger partial charge in [0.15, 0.2) is 0 Å². The highest BCUT2D eigenvalue weighted by molar-refractivity contribution is 8.00. The quantitative estimate of drug-likeness (QED) is 0.506. The van der Waals surface area contributed by atoms with Crippen LogP contribution in [0.5, 0.6) is 0 Å². The average molecular weight is 334 g/mol. The Morgan fingerprint density at radius 2 is 2.00 bits per heavy atom. The van der Waals surface area contributed by atoms with Crippen LogP contribution in [-0.2, 0) is 4.79 Å². The topological polar surface area (TPSA) is 72.2 Å². The number of hydrogen-bond acceptors (Lipinski definition) is 4. The van der Waals surface area contributed by atoms with E-state index in [0.717, 1.165) is 22.6 Å². The number of thioether (sulfide) groups is 1. The number of carbonyl (C=O) groups is 1. The Morgan fingerprint density at radius 1 is 1.30 bits per heavy atom. The number of amides is 1. The molecule has 0 aliphatic carbocycles. The van der Waals surface area contributed by atoms with Gasteiger partial charge in [-0.3, -0.25) is 14.9 Å². The van der Waals surface area contributed by atoms with Gasteiger partial charge in [0, 0.05) is 16.6 Å². The summed E-state index contributed by atoms with van der Waals surface area (Å²) in [5.41, 5.74) is 0.594. The van der Waals surface area contributed by atoms with Crippen molar-refractivity contribution in [2.75, 3.05) is 5.32 Å². The van der Waals surface area contributed by atoms with E-state index < -0.39 is 21.7 Å². The van der Waals surface area contributed by atoms with Crippen molar-refractivity contribution in [1.82, 2.24) is 0 Å². The highest BCUT2D eigenvalue weighted by Crippen LogP contribution is 2.28. The van der Waals surface area contributed by atoms with E-state index in [-0.39, 0.29) is 11.6 Å². The molecule has 1 unspecified atom stereocenters. The van der Waals surface area contributed by atoms with Crippen molar-refractivity contribution in [3.63, 3.8) is 0 Å². The normalized spacial score (nSPS) is 11.8. The summed E-state index contributed by atoms with van der Waals surface area (Å²) in [5.74, 6) is -1.24. The first-order valence-electron chi connectivity index (χ1n) is 6.85. The van der Waals surface area contributed by atoms with Crippen molar-refractivity contribution < 1.29 is 14.1 Å². The van der Waals surface area contributed by atoms with Gasteiger partial charge in [0.25, 0.3) is 0 Å². The molecule has 1 amide bonds. The smallest absolute Gasteiger partial charge is 0.306 e. The number of nitro groups is 1. The van der Waals surface area contributed by atoms with Gasteiger partial charge in [0.05, 0.1) is 10.2 Å². The molecule has 1 atom stereocenters. The van der Waals surface area contributed by atoms with E-state index in [4.69, 9.17) is 0 Å². The Labute approximate surface area is 137 Å². The molecular weight excluding hydrogens is 319 g/mol. The van der Waals surface area contributed by atoms with Crippen molar-refractivity contribution in [3.8, 4) is 0 Å². The molecule has 0 saturated heterocycles. The molecule has 1 N–H and O–H groups in total. The zero-order valence-electron chi connectivity index (χ0n) is 12.6. The number of nitrogens with one attached hydrogen (secondary N) is 1. The van der Waals surface area contributed by atoms with Crippen molar-refractivity contribution >= 4 is 29.0 Å². The molecule has 0 spiro atoms. The molecule has 120 valence electrons. The molecule has 23 heavy (non-hydrogen) atoms. The maximum Gasteiger partial charge on any atom is 0.306 e. The van der Waals surface area contributed by atoms with Crippen LogP contribution in [0.15, 0.2) is 47.4 Å². The van der Waals surface area contributed by atoms with Gasteiger partial charge in [0.2, 0.25) is 11.7 Å². The number of rotatable bonds is 5. The summed E-state index contributed by atoms with van der Waals surface area (Å²) >= 11 is 1.39. The fourth-order valence-electron chi connectivity index (χ4n) is 1.91. The molecular formula is C16H15FN2O3S. The molecule has 7 heteroatoms. The second-order valence-corrected chi connectivity index (χ2v) is 6.32. The first-order valence-corrected chi connectivity index (χ1v) is 7.73. The summed E-state index contributed by atoms with van der Waals surface area (Å²) in [7, 11) is 0. The van der Waals surface area contributed by atoms with Gasteiger partial charge in [-0.2, -0.15) is 4.39 Å². The summed E-state index contributed by atoms with van der Waals surface area (Å²) in [4.78, 5) is 23.1. The Kier molecular flexibility index (Phi) is 5.33. The van der Waals surface area contributed by atoms with E-state index in [0.29, 0.717) is 0 Å². The maximum atomic E-state index is 13.3. The summed E-state index contributed by atoms with van der Waals surface area (Å²) in [6.45, 7) is 3.70. The number of anilines is 1. The lowest BCUT2D eigenvalue weighted by Crippen LogP contribution is -2.22. The molecule has 2 aromatic carbocycles. The number of aryl methyl sites for hydroxylation is 1. The van der Waals surface area contributed by atoms with Gasteiger partial charge < -0.3 is 5.32 Å². The highest BCUT2D eigenvalue weighted by Gasteiger charge is 2.18. The molecule has 0 radical (unpaired) electrons. The molecule has 0 saturated carbocycles. The fourth-order valence-corrected chi connectivity index (χ4v) is 2.86. The third-order valence-electron chi connectivity index (χ3n) is 3.18. The minimum Gasteiger partial charge on any atom is -0.325 e. The first kappa shape index (κ1) is 17.0. The number of halogens is 1. The van der Waals surface area contributed by atoms with Crippen molar-refractivity contribution in [1.29, 1.82) is 0 Å². The Balaban J connectivity index is 2.08. The standard InChI is InChI=1S/C16H15FN2O3S/c1-10-5-3-4-6-15(10)23-11(2)16(20)18-12-7-8-13(17)14(9-12)19(21)22/h3-9,11H,1-2H3,(H,18,20). The predicted octanol–water partition coefficient (Wildman–Crippen LogP) is 4.16. The molecule has 2 rings (SSSR count). The van der Waals surface area contributed by atoms with Crippen LogP contribution in [-0.4, -0.2) is 16.1 Å². The van der Waals surface area contributed by atoms with Crippen LogP contribution in [0.2, 0.25) is 0 Å². The van der Waals surface area contributed by atoms with Gasteiger partial charge in [-0.1, -0.05) is 18.2 Å². The maximum absolute atomic E-state index is 13.3. The van der Waals surface area contributed by atoms with E-state index in [2.05, 4.69) is 5.32 Å². The van der Waals surface area contributed by atoms with Crippen LogP contribution in [0.25, 0.3) is 0 Å². The number of nitro benzene ring substituents is 1. The zero-order chi connectivity index (χ0) is 17.0. The van der Waals surface area contributed by atoms with Gasteiger partial charge in [0.1, 0.15) is 0 Å². The van der Waals surface area contributed by atoms with Gasteiger partial charge in [-0.25, -0.2) is 0 Å². The van der Waals surface area contributed by atoms with Crippen LogP contribution in [0.1, 0.15) is 12.5 Å². The molecule has 0 aliphatic rings. The van der Waals surface area contributed by atoms with Crippen molar-refractivity contribution in [3.05, 3.63) is 64.0 Å². The van der Waals surface area contributed by atoms with Crippen molar-refractivity contribution in [2.24, 2.45) is 0 Å². The monoisotopic (exact) mass is 334 g/mol. The van der Waals surface area contributed by atoms with Crippen molar-refractivity contribution in [2.45, 2.75) is 24.0 Å². The summed E-state index contributed by atoms with van der Waals surface area (Å²) in [6, 6.07) is 11.0. The molecule has 0 heterocycles. The number of nitrogens with zero attached hydrogens (tertiary/aromatic N) is 1. The molecule has 2 aromatic rings. The second-order valence-electron chi connectivity index (χ2n) is 4.94. The lowest BCUT2D eigenvalue weighted by molar-refractivity contribution is -0.387. The molecule has 0 bridgehead atoms. The summed E-state index contributed by atoms with van der Waals surface area (Å²) in [5, 5.41) is 12.9. The van der Waals surface area contributed by atoms with Crippen LogP contribution in [0.4, 0.5) is 15.8 Å². The zero-order valence-corrected chi connectivity index (χ0v) is 13.4. The summed E-state index contributed by atoms with van der Waals surface area (Å²) < 4.78 is 13.3. The van der Waals surface area contributed by atoms with Crippen LogP contribution in [0, 0.1) is 22.9 Å². The summed E-state index contributed by atoms with van der Waals surface area (Å²) in [6.07, 6.45) is 0. The number of benzene rings is 2. The Morgan fingerprint density at radius 3 is 2.65 bits per heavy atom. The highest BCUT2D eigenvalue weighted by atomic mass is 32.2. The van der Waals surface area contributed by atoms with Crippen LogP contribution in [0.3, 0.4) is 0 Å². The minimum atomic E-state index is -0.935. The Hall–Kier alpha value is -2.41. The van der Waals surface area contributed by atoms with E-state index in [9.17, 15) is 19.3 Å². The second kappa shape index (κ2) is 7.23.